The predicted molar refractivity (Wildman–Crippen MR) is 64.6 cm³/mol. The number of halogens is 1. The van der Waals surface area contributed by atoms with E-state index in [0.29, 0.717) is 5.69 Å². The fraction of sp³-hybridized carbons (Fsp3) is 0. The molecule has 2 rings (SSSR count). The summed E-state index contributed by atoms with van der Waals surface area (Å²) in [7, 11) is 0. The number of amides is 1. The molecule has 1 aromatic heterocycles. The van der Waals surface area contributed by atoms with E-state index in [-0.39, 0.29) is 16.3 Å². The van der Waals surface area contributed by atoms with Crippen LogP contribution in [0.2, 0.25) is 5.02 Å². The minimum Gasteiger partial charge on any atom is -0.319 e. The van der Waals surface area contributed by atoms with Crippen LogP contribution in [-0.4, -0.2) is 21.0 Å². The molecule has 7 nitrogen and oxygen atoms in total. The lowest BCUT2D eigenvalue weighted by molar-refractivity contribution is -0.385. The Morgan fingerprint density at radius 2 is 2.28 bits per heavy atom. The van der Waals surface area contributed by atoms with Gasteiger partial charge in [-0.2, -0.15) is 5.10 Å². The Labute approximate surface area is 106 Å². The number of carbonyl (C=O) groups is 1. The molecule has 0 unspecified atom stereocenters. The van der Waals surface area contributed by atoms with Gasteiger partial charge in [0.2, 0.25) is 0 Å². The van der Waals surface area contributed by atoms with Gasteiger partial charge in [0.15, 0.2) is 0 Å². The zero-order chi connectivity index (χ0) is 13.1. The van der Waals surface area contributed by atoms with Crippen LogP contribution in [0, 0.1) is 10.1 Å². The number of hydrogen-bond donors (Lipinski definition) is 2. The van der Waals surface area contributed by atoms with Crippen molar-refractivity contribution in [3.63, 3.8) is 0 Å². The molecule has 8 heteroatoms. The number of hydrogen-bond acceptors (Lipinski definition) is 4. The Hall–Kier alpha value is -2.41. The highest BCUT2D eigenvalue weighted by molar-refractivity contribution is 6.35. The summed E-state index contributed by atoms with van der Waals surface area (Å²) in [5.74, 6) is -0.659. The zero-order valence-corrected chi connectivity index (χ0v) is 9.64. The number of nitrogens with one attached hydrogen (secondary N) is 2. The lowest BCUT2D eigenvalue weighted by atomic mass is 10.1. The molecule has 1 aromatic carbocycles. The maximum absolute atomic E-state index is 11.9. The van der Waals surface area contributed by atoms with Gasteiger partial charge in [-0.3, -0.25) is 20.0 Å². The van der Waals surface area contributed by atoms with Crippen LogP contribution in [0.3, 0.4) is 0 Å². The molecule has 1 amide bonds. The molecule has 2 N–H and O–H groups in total. The lowest BCUT2D eigenvalue weighted by Crippen LogP contribution is -2.14. The first-order valence-corrected chi connectivity index (χ1v) is 5.20. The summed E-state index contributed by atoms with van der Waals surface area (Å²) in [6.07, 6.45) is 2.82. The van der Waals surface area contributed by atoms with Gasteiger partial charge in [-0.25, -0.2) is 0 Å². The number of aromatic amines is 1. The van der Waals surface area contributed by atoms with E-state index in [1.165, 1.54) is 30.6 Å². The van der Waals surface area contributed by atoms with E-state index in [1.54, 1.807) is 0 Å². The molecule has 0 saturated carbocycles. The van der Waals surface area contributed by atoms with Gasteiger partial charge in [-0.05, 0) is 6.07 Å². The first kappa shape index (κ1) is 12.1. The zero-order valence-electron chi connectivity index (χ0n) is 8.88. The SMILES string of the molecule is O=C(Nc1cn[nH]c1)c1c(Cl)cccc1[N+](=O)[O-]. The number of nitro benzene ring substituents is 1. The van der Waals surface area contributed by atoms with E-state index >= 15 is 0 Å². The highest BCUT2D eigenvalue weighted by Gasteiger charge is 2.23. The Kier molecular flexibility index (Phi) is 3.24. The van der Waals surface area contributed by atoms with E-state index in [4.69, 9.17) is 11.6 Å². The van der Waals surface area contributed by atoms with Crippen molar-refractivity contribution in [1.29, 1.82) is 0 Å². The van der Waals surface area contributed by atoms with Gasteiger partial charge in [-0.15, -0.1) is 0 Å². The van der Waals surface area contributed by atoms with E-state index in [0.717, 1.165) is 0 Å². The normalized spacial score (nSPS) is 10.1. The second-order valence-electron chi connectivity index (χ2n) is 3.33. The molecule has 0 aliphatic carbocycles. The maximum Gasteiger partial charge on any atom is 0.283 e. The number of H-pyrrole nitrogens is 1. The average molecular weight is 267 g/mol. The van der Waals surface area contributed by atoms with Gasteiger partial charge in [0.05, 0.1) is 21.8 Å². The number of rotatable bonds is 3. The quantitative estimate of drug-likeness (QED) is 0.657. The first-order valence-electron chi connectivity index (χ1n) is 4.82. The Balaban J connectivity index is 2.38. The van der Waals surface area contributed by atoms with Crippen LogP contribution >= 0.6 is 11.6 Å². The van der Waals surface area contributed by atoms with Crippen molar-refractivity contribution in [3.8, 4) is 0 Å². The standard InChI is InChI=1S/C10H7ClN4O3/c11-7-2-1-3-8(15(17)18)9(7)10(16)14-6-4-12-13-5-6/h1-5H,(H,12,13)(H,14,16). The van der Waals surface area contributed by atoms with Gasteiger partial charge >= 0.3 is 0 Å². The smallest absolute Gasteiger partial charge is 0.283 e. The molecule has 2 aromatic rings. The van der Waals surface area contributed by atoms with Crippen molar-refractivity contribution < 1.29 is 9.72 Å². The van der Waals surface area contributed by atoms with E-state index in [2.05, 4.69) is 15.5 Å². The van der Waals surface area contributed by atoms with Crippen LogP contribution in [0.4, 0.5) is 11.4 Å². The van der Waals surface area contributed by atoms with Crippen molar-refractivity contribution in [2.24, 2.45) is 0 Å². The van der Waals surface area contributed by atoms with Crippen molar-refractivity contribution >= 4 is 28.9 Å². The molecule has 0 aliphatic rings. The molecule has 0 atom stereocenters. The van der Waals surface area contributed by atoms with E-state index < -0.39 is 10.8 Å². The minimum atomic E-state index is -0.659. The summed E-state index contributed by atoms with van der Waals surface area (Å²) in [6, 6.07) is 4.05. The number of nitro groups is 1. The fourth-order valence-electron chi connectivity index (χ4n) is 1.40. The summed E-state index contributed by atoms with van der Waals surface area (Å²) >= 11 is 5.82. The molecule has 1 heterocycles. The van der Waals surface area contributed by atoms with Crippen LogP contribution < -0.4 is 5.32 Å². The lowest BCUT2D eigenvalue weighted by Gasteiger charge is -2.05. The summed E-state index contributed by atoms with van der Waals surface area (Å²) in [6.45, 7) is 0. The van der Waals surface area contributed by atoms with Crippen molar-refractivity contribution in [3.05, 3.63) is 51.3 Å². The van der Waals surface area contributed by atoms with Crippen LogP contribution in [0.25, 0.3) is 0 Å². The second kappa shape index (κ2) is 4.84. The van der Waals surface area contributed by atoms with Crippen molar-refractivity contribution in [1.82, 2.24) is 10.2 Å². The highest BCUT2D eigenvalue weighted by atomic mass is 35.5. The Bertz CT molecular complexity index is 597. The molecule has 18 heavy (non-hydrogen) atoms. The van der Waals surface area contributed by atoms with Crippen molar-refractivity contribution in [2.75, 3.05) is 5.32 Å². The van der Waals surface area contributed by atoms with Gasteiger partial charge in [0.1, 0.15) is 5.56 Å². The van der Waals surface area contributed by atoms with E-state index in [9.17, 15) is 14.9 Å². The van der Waals surface area contributed by atoms with Gasteiger partial charge in [0.25, 0.3) is 11.6 Å². The summed E-state index contributed by atoms with van der Waals surface area (Å²) < 4.78 is 0. The number of benzene rings is 1. The van der Waals surface area contributed by atoms with Crippen LogP contribution in [-0.2, 0) is 0 Å². The van der Waals surface area contributed by atoms with Crippen LogP contribution in [0.1, 0.15) is 10.4 Å². The third-order valence-electron chi connectivity index (χ3n) is 2.17. The summed E-state index contributed by atoms with van der Waals surface area (Å²) in [4.78, 5) is 22.1. The Morgan fingerprint density at radius 3 is 2.89 bits per heavy atom. The molecule has 0 bridgehead atoms. The monoisotopic (exact) mass is 266 g/mol. The Morgan fingerprint density at radius 1 is 1.50 bits per heavy atom. The van der Waals surface area contributed by atoms with Crippen LogP contribution in [0.5, 0.6) is 0 Å². The number of nitrogens with zero attached hydrogens (tertiary/aromatic N) is 2. The molecular weight excluding hydrogens is 260 g/mol. The second-order valence-corrected chi connectivity index (χ2v) is 3.74. The summed E-state index contributed by atoms with van der Waals surface area (Å²) in [5, 5.41) is 19.4. The highest BCUT2D eigenvalue weighted by Crippen LogP contribution is 2.26. The predicted octanol–water partition coefficient (Wildman–Crippen LogP) is 2.22. The number of anilines is 1. The molecule has 0 spiro atoms. The van der Waals surface area contributed by atoms with Gasteiger partial charge in [-0.1, -0.05) is 17.7 Å². The van der Waals surface area contributed by atoms with Gasteiger partial charge in [0, 0.05) is 12.3 Å². The minimum absolute atomic E-state index is 0.0187. The molecular formula is C10H7ClN4O3. The third-order valence-corrected chi connectivity index (χ3v) is 2.49. The molecule has 0 aliphatic heterocycles. The molecule has 0 saturated heterocycles. The topological polar surface area (TPSA) is 101 Å². The number of carbonyl (C=O) groups excluding carboxylic acids is 1. The fourth-order valence-corrected chi connectivity index (χ4v) is 1.66. The maximum atomic E-state index is 11.9. The molecule has 92 valence electrons. The average Bonchev–Trinajstić information content (AvgIpc) is 2.81. The first-order chi connectivity index (χ1) is 8.59. The van der Waals surface area contributed by atoms with Crippen molar-refractivity contribution in [2.45, 2.75) is 0 Å². The van der Waals surface area contributed by atoms with E-state index in [1.807, 2.05) is 0 Å². The third kappa shape index (κ3) is 2.30. The number of aromatic nitrogens is 2. The molecule has 0 fully saturated rings. The molecule has 0 radical (unpaired) electrons. The van der Waals surface area contributed by atoms with Gasteiger partial charge < -0.3 is 5.32 Å². The largest absolute Gasteiger partial charge is 0.319 e. The van der Waals surface area contributed by atoms with Crippen LogP contribution in [0.15, 0.2) is 30.6 Å². The summed E-state index contributed by atoms with van der Waals surface area (Å²) in [5.41, 5.74) is -0.122.